The smallest absolute Gasteiger partial charge is 0.254 e. The van der Waals surface area contributed by atoms with Crippen molar-refractivity contribution in [1.29, 1.82) is 0 Å². The third-order valence-electron chi connectivity index (χ3n) is 5.07. The minimum Gasteiger partial charge on any atom is -0.496 e. The van der Waals surface area contributed by atoms with Gasteiger partial charge in [-0.1, -0.05) is 13.3 Å². The second kappa shape index (κ2) is 8.88. The van der Waals surface area contributed by atoms with Crippen molar-refractivity contribution in [2.45, 2.75) is 46.5 Å². The Labute approximate surface area is 150 Å². The molecule has 5 nitrogen and oxygen atoms in total. The molecule has 1 aromatic rings. The maximum absolute atomic E-state index is 13.0. The fourth-order valence-corrected chi connectivity index (χ4v) is 3.28. The molecule has 0 spiro atoms. The molecule has 0 aromatic heterocycles. The quantitative estimate of drug-likeness (QED) is 0.823. The highest BCUT2D eigenvalue weighted by Crippen LogP contribution is 2.25. The zero-order chi connectivity index (χ0) is 18.4. The van der Waals surface area contributed by atoms with E-state index >= 15 is 0 Å². The van der Waals surface area contributed by atoms with Gasteiger partial charge in [-0.15, -0.1) is 0 Å². The van der Waals surface area contributed by atoms with Crippen molar-refractivity contribution in [2.24, 2.45) is 0 Å². The molecule has 1 saturated heterocycles. The Bertz CT molecular complexity index is 628. The first-order valence-electron chi connectivity index (χ1n) is 9.20. The van der Waals surface area contributed by atoms with Crippen molar-refractivity contribution in [2.75, 3.05) is 33.3 Å². The summed E-state index contributed by atoms with van der Waals surface area (Å²) in [6.07, 6.45) is 3.40. The molecule has 2 rings (SSSR count). The number of rotatable bonds is 5. The molecule has 0 bridgehead atoms. The molecule has 0 saturated carbocycles. The highest BCUT2D eigenvalue weighted by Gasteiger charge is 2.24. The SMILES string of the molecule is CCCCC(=O)N1CCCN(C(=O)c2ccc(OC)c(C)c2C)CC1. The van der Waals surface area contributed by atoms with E-state index < -0.39 is 0 Å². The number of carbonyl (C=O) groups excluding carboxylic acids is 2. The van der Waals surface area contributed by atoms with E-state index in [2.05, 4.69) is 6.92 Å². The van der Waals surface area contributed by atoms with E-state index in [1.807, 2.05) is 35.8 Å². The first-order valence-corrected chi connectivity index (χ1v) is 9.20. The predicted molar refractivity (Wildman–Crippen MR) is 99.1 cm³/mol. The largest absolute Gasteiger partial charge is 0.496 e. The lowest BCUT2D eigenvalue weighted by Gasteiger charge is -2.23. The van der Waals surface area contributed by atoms with Crippen LogP contribution in [0.25, 0.3) is 0 Å². The van der Waals surface area contributed by atoms with Crippen molar-refractivity contribution in [3.05, 3.63) is 28.8 Å². The second-order valence-electron chi connectivity index (χ2n) is 6.70. The molecular formula is C20H30N2O3. The molecule has 0 aliphatic carbocycles. The summed E-state index contributed by atoms with van der Waals surface area (Å²) in [6.45, 7) is 8.69. The van der Waals surface area contributed by atoms with Crippen LogP contribution >= 0.6 is 0 Å². The molecule has 5 heteroatoms. The van der Waals surface area contributed by atoms with Gasteiger partial charge in [-0.05, 0) is 49.9 Å². The molecular weight excluding hydrogens is 316 g/mol. The lowest BCUT2D eigenvalue weighted by molar-refractivity contribution is -0.131. The number of ether oxygens (including phenoxy) is 1. The Morgan fingerprint density at radius 3 is 2.40 bits per heavy atom. The number of amides is 2. The van der Waals surface area contributed by atoms with Crippen LogP contribution in [0.5, 0.6) is 5.75 Å². The van der Waals surface area contributed by atoms with Crippen LogP contribution in [0.1, 0.15) is 54.1 Å². The van der Waals surface area contributed by atoms with Gasteiger partial charge in [0.05, 0.1) is 7.11 Å². The molecule has 138 valence electrons. The first kappa shape index (κ1) is 19.3. The minimum atomic E-state index is 0.0473. The van der Waals surface area contributed by atoms with Crippen molar-refractivity contribution >= 4 is 11.8 Å². The summed E-state index contributed by atoms with van der Waals surface area (Å²) >= 11 is 0. The van der Waals surface area contributed by atoms with Crippen LogP contribution in [0.3, 0.4) is 0 Å². The lowest BCUT2D eigenvalue weighted by Crippen LogP contribution is -2.37. The van der Waals surface area contributed by atoms with Crippen LogP contribution in [-0.4, -0.2) is 54.9 Å². The summed E-state index contributed by atoms with van der Waals surface area (Å²) in [4.78, 5) is 29.0. The van der Waals surface area contributed by atoms with Crippen LogP contribution in [-0.2, 0) is 4.79 Å². The van der Waals surface area contributed by atoms with Gasteiger partial charge in [-0.2, -0.15) is 0 Å². The predicted octanol–water partition coefficient (Wildman–Crippen LogP) is 3.18. The third-order valence-corrected chi connectivity index (χ3v) is 5.07. The monoisotopic (exact) mass is 346 g/mol. The fraction of sp³-hybridized carbons (Fsp3) is 0.600. The van der Waals surface area contributed by atoms with E-state index in [4.69, 9.17) is 4.74 Å². The number of methoxy groups -OCH3 is 1. The van der Waals surface area contributed by atoms with Gasteiger partial charge in [0.25, 0.3) is 5.91 Å². The van der Waals surface area contributed by atoms with E-state index in [9.17, 15) is 9.59 Å². The number of nitrogens with zero attached hydrogens (tertiary/aromatic N) is 2. The van der Waals surface area contributed by atoms with Crippen LogP contribution in [0.2, 0.25) is 0 Å². The van der Waals surface area contributed by atoms with Crippen LogP contribution < -0.4 is 4.74 Å². The number of unbranched alkanes of at least 4 members (excludes halogenated alkanes) is 1. The molecule has 1 aliphatic rings. The lowest BCUT2D eigenvalue weighted by atomic mass is 10.0. The number of benzene rings is 1. The van der Waals surface area contributed by atoms with Gasteiger partial charge in [0.15, 0.2) is 0 Å². The summed E-state index contributed by atoms with van der Waals surface area (Å²) in [5.74, 6) is 1.07. The summed E-state index contributed by atoms with van der Waals surface area (Å²) in [5.41, 5.74) is 2.69. The molecule has 0 unspecified atom stereocenters. The molecule has 1 fully saturated rings. The van der Waals surface area contributed by atoms with Crippen LogP contribution in [0.15, 0.2) is 12.1 Å². The van der Waals surface area contributed by atoms with E-state index in [0.29, 0.717) is 26.1 Å². The Morgan fingerprint density at radius 2 is 1.72 bits per heavy atom. The standard InChI is InChI=1S/C20H30N2O3/c1-5-6-8-19(23)21-11-7-12-22(14-13-21)20(24)17-9-10-18(25-4)16(3)15(17)2/h9-10H,5-8,11-14H2,1-4H3. The van der Waals surface area contributed by atoms with Gasteiger partial charge in [-0.3, -0.25) is 9.59 Å². The van der Waals surface area contributed by atoms with Gasteiger partial charge in [-0.25, -0.2) is 0 Å². The molecule has 0 atom stereocenters. The van der Waals surface area contributed by atoms with Crippen molar-refractivity contribution in [1.82, 2.24) is 9.80 Å². The van der Waals surface area contributed by atoms with E-state index in [1.54, 1.807) is 7.11 Å². The molecule has 2 amide bonds. The van der Waals surface area contributed by atoms with E-state index in [0.717, 1.165) is 48.2 Å². The van der Waals surface area contributed by atoms with Gasteiger partial charge >= 0.3 is 0 Å². The molecule has 1 heterocycles. The molecule has 0 N–H and O–H groups in total. The zero-order valence-electron chi connectivity index (χ0n) is 15.9. The minimum absolute atomic E-state index is 0.0473. The maximum atomic E-state index is 13.0. The summed E-state index contributed by atoms with van der Waals surface area (Å²) in [6, 6.07) is 3.70. The topological polar surface area (TPSA) is 49.9 Å². The molecule has 1 aliphatic heterocycles. The van der Waals surface area contributed by atoms with Gasteiger partial charge in [0, 0.05) is 38.2 Å². The van der Waals surface area contributed by atoms with Crippen molar-refractivity contribution < 1.29 is 14.3 Å². The summed E-state index contributed by atoms with van der Waals surface area (Å²) in [7, 11) is 1.64. The van der Waals surface area contributed by atoms with Crippen molar-refractivity contribution in [3.8, 4) is 5.75 Å². The van der Waals surface area contributed by atoms with Crippen LogP contribution in [0.4, 0.5) is 0 Å². The third kappa shape index (κ3) is 4.53. The highest BCUT2D eigenvalue weighted by atomic mass is 16.5. The molecule has 0 radical (unpaired) electrons. The second-order valence-corrected chi connectivity index (χ2v) is 6.70. The molecule has 25 heavy (non-hydrogen) atoms. The fourth-order valence-electron chi connectivity index (χ4n) is 3.28. The van der Waals surface area contributed by atoms with E-state index in [-0.39, 0.29) is 11.8 Å². The number of carbonyl (C=O) groups is 2. The van der Waals surface area contributed by atoms with E-state index in [1.165, 1.54) is 0 Å². The van der Waals surface area contributed by atoms with Gasteiger partial charge < -0.3 is 14.5 Å². The highest BCUT2D eigenvalue weighted by molar-refractivity contribution is 5.96. The Morgan fingerprint density at radius 1 is 1.04 bits per heavy atom. The first-order chi connectivity index (χ1) is 12.0. The average Bonchev–Trinajstić information content (AvgIpc) is 2.87. The summed E-state index contributed by atoms with van der Waals surface area (Å²) in [5, 5.41) is 0. The average molecular weight is 346 g/mol. The van der Waals surface area contributed by atoms with Crippen LogP contribution in [0, 0.1) is 13.8 Å². The van der Waals surface area contributed by atoms with Gasteiger partial charge in [0.1, 0.15) is 5.75 Å². The normalized spacial score (nSPS) is 15.0. The maximum Gasteiger partial charge on any atom is 0.254 e. The summed E-state index contributed by atoms with van der Waals surface area (Å²) < 4.78 is 5.33. The van der Waals surface area contributed by atoms with Crippen molar-refractivity contribution in [3.63, 3.8) is 0 Å². The Hall–Kier alpha value is -2.04. The zero-order valence-corrected chi connectivity index (χ0v) is 15.9. The molecule has 1 aromatic carbocycles. The van der Waals surface area contributed by atoms with Gasteiger partial charge in [0.2, 0.25) is 5.91 Å². The Balaban J connectivity index is 2.06. The number of hydrogen-bond acceptors (Lipinski definition) is 3. The Kier molecular flexibility index (Phi) is 6.85. The number of hydrogen-bond donors (Lipinski definition) is 0.